The number of primary sulfonamides is 1. The average molecular weight is 373 g/mol. The number of carbonyl (C=O) groups excluding carboxylic acids is 2. The fourth-order valence-electron chi connectivity index (χ4n) is 2.85. The van der Waals surface area contributed by atoms with E-state index in [1.165, 1.54) is 18.2 Å². The van der Waals surface area contributed by atoms with Crippen molar-refractivity contribution in [1.82, 2.24) is 0 Å². The molecule has 8 heteroatoms. The van der Waals surface area contributed by atoms with E-state index >= 15 is 0 Å². The van der Waals surface area contributed by atoms with Gasteiger partial charge in [-0.25, -0.2) is 13.6 Å². The summed E-state index contributed by atoms with van der Waals surface area (Å²) in [6.45, 7) is 2.24. The minimum Gasteiger partial charge on any atom is -0.326 e. The Hall–Kier alpha value is -2.71. The molecule has 2 amide bonds. The van der Waals surface area contributed by atoms with Crippen molar-refractivity contribution in [1.29, 1.82) is 0 Å². The van der Waals surface area contributed by atoms with Gasteiger partial charge in [0.15, 0.2) is 0 Å². The first-order valence-corrected chi connectivity index (χ1v) is 9.59. The molecule has 26 heavy (non-hydrogen) atoms. The molecule has 1 atom stereocenters. The number of aryl methyl sites for hydroxylation is 1. The number of nitrogens with two attached hydrogens (primary N) is 1. The van der Waals surface area contributed by atoms with E-state index in [0.29, 0.717) is 5.69 Å². The molecule has 0 spiro atoms. The summed E-state index contributed by atoms with van der Waals surface area (Å²) in [4.78, 5) is 26.2. The molecule has 1 fully saturated rings. The second kappa shape index (κ2) is 6.89. The van der Waals surface area contributed by atoms with Gasteiger partial charge in [0.25, 0.3) is 0 Å². The van der Waals surface area contributed by atoms with Gasteiger partial charge in [0, 0.05) is 24.3 Å². The number of rotatable bonds is 4. The lowest BCUT2D eigenvalue weighted by atomic mass is 10.1. The number of carbonyl (C=O) groups is 2. The molecule has 3 N–H and O–H groups in total. The van der Waals surface area contributed by atoms with Crippen LogP contribution in [-0.4, -0.2) is 26.8 Å². The normalized spacial score (nSPS) is 17.4. The Balaban J connectivity index is 1.71. The molecule has 0 bridgehead atoms. The van der Waals surface area contributed by atoms with Crippen molar-refractivity contribution in [3.8, 4) is 0 Å². The van der Waals surface area contributed by atoms with Crippen LogP contribution in [0.1, 0.15) is 12.0 Å². The van der Waals surface area contributed by atoms with Gasteiger partial charge in [-0.3, -0.25) is 9.59 Å². The third-order valence-electron chi connectivity index (χ3n) is 4.27. The van der Waals surface area contributed by atoms with Gasteiger partial charge < -0.3 is 10.2 Å². The molecule has 0 unspecified atom stereocenters. The molecule has 2 aromatic carbocycles. The van der Waals surface area contributed by atoms with E-state index in [1.54, 1.807) is 11.0 Å². The maximum atomic E-state index is 12.5. The summed E-state index contributed by atoms with van der Waals surface area (Å²) < 4.78 is 22.8. The molecule has 3 rings (SSSR count). The van der Waals surface area contributed by atoms with Crippen molar-refractivity contribution in [3.05, 3.63) is 54.1 Å². The lowest BCUT2D eigenvalue weighted by Crippen LogP contribution is -2.28. The van der Waals surface area contributed by atoms with Crippen molar-refractivity contribution >= 4 is 33.2 Å². The molecule has 0 aromatic heterocycles. The summed E-state index contributed by atoms with van der Waals surface area (Å²) in [6.07, 6.45) is 0.106. The van der Waals surface area contributed by atoms with E-state index in [4.69, 9.17) is 5.14 Å². The zero-order valence-corrected chi connectivity index (χ0v) is 15.0. The highest BCUT2D eigenvalue weighted by atomic mass is 32.2. The third kappa shape index (κ3) is 3.92. The van der Waals surface area contributed by atoms with E-state index in [2.05, 4.69) is 5.32 Å². The molecular formula is C18H19N3O4S. The van der Waals surface area contributed by atoms with Gasteiger partial charge in [-0.05, 0) is 37.3 Å². The summed E-state index contributed by atoms with van der Waals surface area (Å²) in [6, 6.07) is 13.2. The molecule has 1 saturated heterocycles. The van der Waals surface area contributed by atoms with Crippen molar-refractivity contribution in [3.63, 3.8) is 0 Å². The maximum Gasteiger partial charge on any atom is 0.238 e. The monoisotopic (exact) mass is 373 g/mol. The van der Waals surface area contributed by atoms with Crippen molar-refractivity contribution in [2.24, 2.45) is 11.1 Å². The zero-order valence-electron chi connectivity index (χ0n) is 14.2. The number of benzene rings is 2. The predicted molar refractivity (Wildman–Crippen MR) is 98.1 cm³/mol. The summed E-state index contributed by atoms with van der Waals surface area (Å²) in [5.74, 6) is -0.964. The van der Waals surface area contributed by atoms with Crippen molar-refractivity contribution in [2.45, 2.75) is 18.2 Å². The average Bonchev–Trinajstić information content (AvgIpc) is 2.97. The summed E-state index contributed by atoms with van der Waals surface area (Å²) in [7, 11) is -3.85. The Labute approximate surface area is 151 Å². The van der Waals surface area contributed by atoms with E-state index in [-0.39, 0.29) is 29.7 Å². The molecule has 0 radical (unpaired) electrons. The first-order chi connectivity index (χ1) is 12.2. The van der Waals surface area contributed by atoms with Gasteiger partial charge in [0.2, 0.25) is 21.8 Å². The number of hydrogen-bond acceptors (Lipinski definition) is 4. The van der Waals surface area contributed by atoms with E-state index in [1.807, 2.05) is 31.2 Å². The van der Waals surface area contributed by atoms with Gasteiger partial charge in [0.1, 0.15) is 0 Å². The molecule has 1 aliphatic rings. The fourth-order valence-corrected chi connectivity index (χ4v) is 3.41. The first kappa shape index (κ1) is 18.1. The number of nitrogens with one attached hydrogen (secondary N) is 1. The van der Waals surface area contributed by atoms with Crippen LogP contribution in [0.4, 0.5) is 11.4 Å². The zero-order chi connectivity index (χ0) is 18.9. The minimum absolute atomic E-state index is 0.0842. The number of anilines is 2. The van der Waals surface area contributed by atoms with Crippen LogP contribution in [0.5, 0.6) is 0 Å². The molecule has 2 aromatic rings. The fraction of sp³-hybridized carbons (Fsp3) is 0.222. The van der Waals surface area contributed by atoms with Gasteiger partial charge in [-0.1, -0.05) is 23.8 Å². The lowest BCUT2D eigenvalue weighted by molar-refractivity contribution is -0.122. The van der Waals surface area contributed by atoms with Gasteiger partial charge in [-0.15, -0.1) is 0 Å². The number of amides is 2. The van der Waals surface area contributed by atoms with Crippen molar-refractivity contribution < 1.29 is 18.0 Å². The highest BCUT2D eigenvalue weighted by Crippen LogP contribution is 2.26. The quantitative estimate of drug-likeness (QED) is 0.849. The van der Waals surface area contributed by atoms with E-state index in [9.17, 15) is 18.0 Å². The number of nitrogens with zero attached hydrogens (tertiary/aromatic N) is 1. The maximum absolute atomic E-state index is 12.5. The van der Waals surface area contributed by atoms with Crippen LogP contribution in [0.2, 0.25) is 0 Å². The number of sulfonamides is 1. The molecule has 1 aliphatic heterocycles. The Morgan fingerprint density at radius 1 is 1.19 bits per heavy atom. The largest absolute Gasteiger partial charge is 0.326 e. The number of hydrogen-bond donors (Lipinski definition) is 2. The van der Waals surface area contributed by atoms with Gasteiger partial charge >= 0.3 is 0 Å². The van der Waals surface area contributed by atoms with Crippen LogP contribution in [0, 0.1) is 12.8 Å². The SMILES string of the molecule is Cc1ccc(N2C[C@H](C(=O)Nc3cccc(S(N)(=O)=O)c3)CC2=O)cc1. The minimum atomic E-state index is -3.85. The van der Waals surface area contributed by atoms with E-state index in [0.717, 1.165) is 11.3 Å². The second-order valence-electron chi connectivity index (χ2n) is 6.30. The Morgan fingerprint density at radius 3 is 2.54 bits per heavy atom. The Morgan fingerprint density at radius 2 is 1.88 bits per heavy atom. The first-order valence-electron chi connectivity index (χ1n) is 8.05. The molecular weight excluding hydrogens is 354 g/mol. The highest BCUT2D eigenvalue weighted by molar-refractivity contribution is 7.89. The predicted octanol–water partition coefficient (Wildman–Crippen LogP) is 1.63. The van der Waals surface area contributed by atoms with E-state index < -0.39 is 15.9 Å². The van der Waals surface area contributed by atoms with Gasteiger partial charge in [0.05, 0.1) is 10.8 Å². The molecule has 136 valence electrons. The highest BCUT2D eigenvalue weighted by Gasteiger charge is 2.35. The summed E-state index contributed by atoms with van der Waals surface area (Å²) >= 11 is 0. The lowest BCUT2D eigenvalue weighted by Gasteiger charge is -2.17. The Kier molecular flexibility index (Phi) is 4.80. The standard InChI is InChI=1S/C18H19N3O4S/c1-12-5-7-15(8-6-12)21-11-13(9-17(21)22)18(23)20-14-3-2-4-16(10-14)26(19,24)25/h2-8,10,13H,9,11H2,1H3,(H,20,23)(H2,19,24,25)/t13-/m1/s1. The smallest absolute Gasteiger partial charge is 0.238 e. The Bertz CT molecular complexity index is 955. The second-order valence-corrected chi connectivity index (χ2v) is 7.86. The van der Waals surface area contributed by atoms with Gasteiger partial charge in [-0.2, -0.15) is 0 Å². The van der Waals surface area contributed by atoms with Crippen LogP contribution >= 0.6 is 0 Å². The van der Waals surface area contributed by atoms with Crippen LogP contribution in [-0.2, 0) is 19.6 Å². The summed E-state index contributed by atoms with van der Waals surface area (Å²) in [5, 5.41) is 7.76. The van der Waals surface area contributed by atoms with Crippen LogP contribution in [0.3, 0.4) is 0 Å². The molecule has 0 aliphatic carbocycles. The van der Waals surface area contributed by atoms with Crippen LogP contribution < -0.4 is 15.4 Å². The molecule has 1 heterocycles. The molecule has 7 nitrogen and oxygen atoms in total. The van der Waals surface area contributed by atoms with Crippen LogP contribution in [0.15, 0.2) is 53.4 Å². The van der Waals surface area contributed by atoms with Crippen molar-refractivity contribution in [2.75, 3.05) is 16.8 Å². The third-order valence-corrected chi connectivity index (χ3v) is 5.18. The topological polar surface area (TPSA) is 110 Å². The van der Waals surface area contributed by atoms with Crippen LogP contribution in [0.25, 0.3) is 0 Å². The molecule has 0 saturated carbocycles. The summed E-state index contributed by atoms with van der Waals surface area (Å²) in [5.41, 5.74) is 2.17.